The Balaban J connectivity index is 1.81. The predicted molar refractivity (Wildman–Crippen MR) is 141 cm³/mol. The van der Waals surface area contributed by atoms with Crippen LogP contribution in [0.1, 0.15) is 76.8 Å². The summed E-state index contributed by atoms with van der Waals surface area (Å²) >= 11 is 0. The lowest BCUT2D eigenvalue weighted by Crippen LogP contribution is -2.36. The Kier molecular flexibility index (Phi) is 11.5. The van der Waals surface area contributed by atoms with Crippen LogP contribution in [0.5, 0.6) is 11.5 Å². The van der Waals surface area contributed by atoms with Gasteiger partial charge in [-0.05, 0) is 108 Å². The average molecular weight is 486 g/mol. The van der Waals surface area contributed by atoms with E-state index in [1.807, 2.05) is 25.1 Å². The van der Waals surface area contributed by atoms with Gasteiger partial charge in [0.05, 0.1) is 13.2 Å². The van der Waals surface area contributed by atoms with Gasteiger partial charge in [0.15, 0.2) is 6.61 Å². The molecule has 1 aromatic carbocycles. The SMILES string of the molecule is C/C(=C\CC/C(C)=C/CC[C@]1(C)CCc2cc(OCC(N)=O)cc(C)c2O1)CCC=C(CO)CO. The number of ether oxygens (including phenoxy) is 2. The van der Waals surface area contributed by atoms with E-state index < -0.39 is 5.91 Å². The highest BCUT2D eigenvalue weighted by atomic mass is 16.5. The summed E-state index contributed by atoms with van der Waals surface area (Å²) in [5.41, 5.74) is 10.5. The van der Waals surface area contributed by atoms with Gasteiger partial charge in [0, 0.05) is 0 Å². The number of hydrogen-bond acceptors (Lipinski definition) is 5. The molecular formula is C29H43NO5. The molecule has 6 heteroatoms. The number of fused-ring (bicyclic) bond motifs is 1. The standard InChI is InChI=1S/C29H43NO5/c1-21(10-6-12-24(18-31)19-32)8-5-9-22(2)11-7-14-29(4)15-13-25-17-26(34-20-27(30)33)16-23(3)28(25)35-29/h8,11-12,16-17,31-32H,5-7,9-10,13-15,18-20H2,1-4H3,(H2,30,33)/b21-8+,22-11+/t29-/m1/s1. The van der Waals surface area contributed by atoms with Crippen molar-refractivity contribution in [3.05, 3.63) is 58.2 Å². The van der Waals surface area contributed by atoms with Crippen molar-refractivity contribution in [3.8, 4) is 11.5 Å². The van der Waals surface area contributed by atoms with Crippen molar-refractivity contribution < 1.29 is 24.5 Å². The lowest BCUT2D eigenvalue weighted by atomic mass is 9.87. The monoisotopic (exact) mass is 485 g/mol. The molecule has 194 valence electrons. The fourth-order valence-corrected chi connectivity index (χ4v) is 4.31. The number of carbonyl (C=O) groups is 1. The van der Waals surface area contributed by atoms with Gasteiger partial charge in [-0.1, -0.05) is 29.4 Å². The Morgan fingerprint density at radius 3 is 2.34 bits per heavy atom. The van der Waals surface area contributed by atoms with E-state index in [4.69, 9.17) is 25.4 Å². The van der Waals surface area contributed by atoms with Crippen molar-refractivity contribution in [2.75, 3.05) is 19.8 Å². The Bertz CT molecular complexity index is 941. The highest BCUT2D eigenvalue weighted by Crippen LogP contribution is 2.40. The van der Waals surface area contributed by atoms with Gasteiger partial charge in [-0.2, -0.15) is 0 Å². The normalized spacial score (nSPS) is 18.0. The van der Waals surface area contributed by atoms with Gasteiger partial charge in [0.2, 0.25) is 0 Å². The molecule has 2 rings (SSSR count). The minimum absolute atomic E-state index is 0.0756. The maximum absolute atomic E-state index is 11.0. The number of allylic oxidation sites excluding steroid dienone is 5. The van der Waals surface area contributed by atoms with E-state index in [1.165, 1.54) is 11.1 Å². The van der Waals surface area contributed by atoms with Crippen LogP contribution in [-0.2, 0) is 11.2 Å². The second-order valence-electron chi connectivity index (χ2n) is 9.93. The van der Waals surface area contributed by atoms with Gasteiger partial charge < -0.3 is 25.4 Å². The predicted octanol–water partition coefficient (Wildman–Crippen LogP) is 5.09. The first-order chi connectivity index (χ1) is 16.7. The molecule has 0 bridgehead atoms. The van der Waals surface area contributed by atoms with Crippen LogP contribution in [-0.4, -0.2) is 41.5 Å². The Morgan fingerprint density at radius 1 is 1.09 bits per heavy atom. The van der Waals surface area contributed by atoms with Gasteiger partial charge in [-0.15, -0.1) is 0 Å². The van der Waals surface area contributed by atoms with Crippen molar-refractivity contribution in [2.45, 2.75) is 84.7 Å². The summed E-state index contributed by atoms with van der Waals surface area (Å²) in [6.07, 6.45) is 14.2. The molecule has 4 N–H and O–H groups in total. The molecule has 0 unspecified atom stereocenters. The molecule has 0 fully saturated rings. The van der Waals surface area contributed by atoms with Gasteiger partial charge in [0.25, 0.3) is 5.91 Å². The zero-order valence-electron chi connectivity index (χ0n) is 21.9. The molecule has 0 aliphatic carbocycles. The quantitative estimate of drug-likeness (QED) is 0.319. The number of nitrogens with two attached hydrogens (primary N) is 1. The molecule has 1 aliphatic heterocycles. The lowest BCUT2D eigenvalue weighted by molar-refractivity contribution is -0.119. The Hall–Kier alpha value is -2.57. The Labute approximate surface area is 210 Å². The van der Waals surface area contributed by atoms with Crippen LogP contribution in [0.4, 0.5) is 0 Å². The summed E-state index contributed by atoms with van der Waals surface area (Å²) < 4.78 is 12.0. The van der Waals surface area contributed by atoms with Crippen molar-refractivity contribution in [2.24, 2.45) is 5.73 Å². The van der Waals surface area contributed by atoms with Crippen LogP contribution in [0.25, 0.3) is 0 Å². The number of benzene rings is 1. The lowest BCUT2D eigenvalue weighted by Gasteiger charge is -2.37. The maximum Gasteiger partial charge on any atom is 0.255 e. The molecule has 6 nitrogen and oxygen atoms in total. The molecule has 1 atom stereocenters. The number of aliphatic hydroxyl groups is 2. The highest BCUT2D eigenvalue weighted by Gasteiger charge is 2.32. The van der Waals surface area contributed by atoms with Crippen molar-refractivity contribution in [3.63, 3.8) is 0 Å². The van der Waals surface area contributed by atoms with E-state index in [-0.39, 0.29) is 25.4 Å². The van der Waals surface area contributed by atoms with Crippen LogP contribution < -0.4 is 15.2 Å². The number of amides is 1. The van der Waals surface area contributed by atoms with Crippen LogP contribution in [0.15, 0.2) is 47.1 Å². The first kappa shape index (κ1) is 28.7. The van der Waals surface area contributed by atoms with Gasteiger partial charge in [-0.25, -0.2) is 0 Å². The smallest absolute Gasteiger partial charge is 0.255 e. The molecule has 0 radical (unpaired) electrons. The van der Waals surface area contributed by atoms with Crippen molar-refractivity contribution in [1.82, 2.24) is 0 Å². The average Bonchev–Trinajstić information content (AvgIpc) is 2.81. The van der Waals surface area contributed by atoms with E-state index in [0.29, 0.717) is 11.3 Å². The van der Waals surface area contributed by atoms with E-state index in [0.717, 1.165) is 68.2 Å². The van der Waals surface area contributed by atoms with Crippen LogP contribution in [0.3, 0.4) is 0 Å². The number of rotatable bonds is 14. The second kappa shape index (κ2) is 14.1. The number of aliphatic hydroxyl groups excluding tert-OH is 2. The minimum Gasteiger partial charge on any atom is -0.487 e. The third-order valence-corrected chi connectivity index (χ3v) is 6.55. The van der Waals surface area contributed by atoms with Gasteiger partial charge in [-0.3, -0.25) is 4.79 Å². The van der Waals surface area contributed by atoms with Crippen molar-refractivity contribution in [1.29, 1.82) is 0 Å². The van der Waals surface area contributed by atoms with Crippen molar-refractivity contribution >= 4 is 5.91 Å². The fraction of sp³-hybridized carbons (Fsp3) is 0.552. The van der Waals surface area contributed by atoms with E-state index in [2.05, 4.69) is 32.9 Å². The first-order valence-corrected chi connectivity index (χ1v) is 12.6. The topological polar surface area (TPSA) is 102 Å². The minimum atomic E-state index is -0.484. The summed E-state index contributed by atoms with van der Waals surface area (Å²) in [7, 11) is 0. The zero-order chi connectivity index (χ0) is 25.8. The summed E-state index contributed by atoms with van der Waals surface area (Å²) in [5, 5.41) is 18.2. The molecule has 0 aromatic heterocycles. The summed E-state index contributed by atoms with van der Waals surface area (Å²) in [6.45, 7) is 8.26. The largest absolute Gasteiger partial charge is 0.487 e. The van der Waals surface area contributed by atoms with E-state index in [9.17, 15) is 4.79 Å². The number of primary amides is 1. The molecular weight excluding hydrogens is 442 g/mol. The molecule has 0 spiro atoms. The molecule has 0 saturated heterocycles. The van der Waals surface area contributed by atoms with E-state index in [1.54, 1.807) is 0 Å². The molecule has 1 aliphatic rings. The zero-order valence-corrected chi connectivity index (χ0v) is 21.9. The molecule has 1 amide bonds. The molecule has 35 heavy (non-hydrogen) atoms. The van der Waals surface area contributed by atoms with Gasteiger partial charge in [0.1, 0.15) is 17.1 Å². The second-order valence-corrected chi connectivity index (χ2v) is 9.93. The number of carbonyl (C=O) groups excluding carboxylic acids is 1. The fourth-order valence-electron chi connectivity index (χ4n) is 4.31. The summed E-state index contributed by atoms with van der Waals surface area (Å²) in [6, 6.07) is 3.86. The summed E-state index contributed by atoms with van der Waals surface area (Å²) in [4.78, 5) is 11.0. The van der Waals surface area contributed by atoms with E-state index >= 15 is 0 Å². The first-order valence-electron chi connectivity index (χ1n) is 12.6. The third kappa shape index (κ3) is 9.90. The Morgan fingerprint density at radius 2 is 1.71 bits per heavy atom. The highest BCUT2D eigenvalue weighted by molar-refractivity contribution is 5.75. The molecule has 0 saturated carbocycles. The number of aryl methyl sites for hydroxylation is 2. The maximum atomic E-state index is 11.0. The molecule has 1 aromatic rings. The van der Waals surface area contributed by atoms with Crippen LogP contribution in [0, 0.1) is 6.92 Å². The van der Waals surface area contributed by atoms with Crippen LogP contribution in [0.2, 0.25) is 0 Å². The van der Waals surface area contributed by atoms with Crippen LogP contribution >= 0.6 is 0 Å². The third-order valence-electron chi connectivity index (χ3n) is 6.55. The molecule has 1 heterocycles. The summed E-state index contributed by atoms with van der Waals surface area (Å²) in [5.74, 6) is 1.11. The number of hydrogen-bond donors (Lipinski definition) is 3. The van der Waals surface area contributed by atoms with Gasteiger partial charge >= 0.3 is 0 Å².